The number of rotatable bonds is 9. The van der Waals surface area contributed by atoms with E-state index < -0.39 is 0 Å². The van der Waals surface area contributed by atoms with E-state index in [-0.39, 0.29) is 24.5 Å². The first-order chi connectivity index (χ1) is 13.1. The van der Waals surface area contributed by atoms with Gasteiger partial charge >= 0.3 is 0 Å². The fraction of sp³-hybridized carbons (Fsp3) is 0.389. The highest BCUT2D eigenvalue weighted by atomic mass is 35.5. The SMILES string of the molecule is CCn1c(SCC(=O)N(CCC#N)CCC#N)nnc1-c1ccc(Cl)cc1. The minimum Gasteiger partial charge on any atom is -0.340 e. The number of aromatic nitrogens is 3. The molecule has 1 amide bonds. The number of nitrogens with zero attached hydrogens (tertiary/aromatic N) is 6. The van der Waals surface area contributed by atoms with Crippen LogP contribution in [0.5, 0.6) is 0 Å². The van der Waals surface area contributed by atoms with Gasteiger partial charge in [-0.1, -0.05) is 23.4 Å². The van der Waals surface area contributed by atoms with Gasteiger partial charge in [-0.3, -0.25) is 4.79 Å². The molecule has 0 atom stereocenters. The van der Waals surface area contributed by atoms with E-state index in [4.69, 9.17) is 22.1 Å². The van der Waals surface area contributed by atoms with Gasteiger partial charge in [0.25, 0.3) is 0 Å². The fourth-order valence-corrected chi connectivity index (χ4v) is 3.47. The van der Waals surface area contributed by atoms with E-state index in [0.29, 0.717) is 29.8 Å². The highest BCUT2D eigenvalue weighted by Crippen LogP contribution is 2.25. The lowest BCUT2D eigenvalue weighted by molar-refractivity contribution is -0.128. The summed E-state index contributed by atoms with van der Waals surface area (Å²) in [7, 11) is 0. The van der Waals surface area contributed by atoms with Gasteiger partial charge in [-0.2, -0.15) is 10.5 Å². The largest absolute Gasteiger partial charge is 0.340 e. The van der Waals surface area contributed by atoms with Crippen LogP contribution in [0.15, 0.2) is 29.4 Å². The molecule has 27 heavy (non-hydrogen) atoms. The first-order valence-electron chi connectivity index (χ1n) is 8.44. The van der Waals surface area contributed by atoms with Gasteiger partial charge in [-0.25, -0.2) is 0 Å². The Labute approximate surface area is 167 Å². The van der Waals surface area contributed by atoms with E-state index >= 15 is 0 Å². The summed E-state index contributed by atoms with van der Waals surface area (Å²) in [5.74, 6) is 0.773. The lowest BCUT2D eigenvalue weighted by Crippen LogP contribution is -2.34. The zero-order valence-electron chi connectivity index (χ0n) is 14.9. The highest BCUT2D eigenvalue weighted by molar-refractivity contribution is 7.99. The van der Waals surface area contributed by atoms with Crippen molar-refractivity contribution in [3.8, 4) is 23.5 Å². The summed E-state index contributed by atoms with van der Waals surface area (Å²) in [6, 6.07) is 11.4. The van der Waals surface area contributed by atoms with Crippen molar-refractivity contribution < 1.29 is 4.79 Å². The Morgan fingerprint density at radius 1 is 1.19 bits per heavy atom. The van der Waals surface area contributed by atoms with Crippen molar-refractivity contribution in [1.82, 2.24) is 19.7 Å². The topological polar surface area (TPSA) is 98.6 Å². The summed E-state index contributed by atoms with van der Waals surface area (Å²) in [6.45, 7) is 3.30. The third-order valence-electron chi connectivity index (χ3n) is 3.80. The second-order valence-corrected chi connectivity index (χ2v) is 6.92. The molecule has 0 aliphatic carbocycles. The molecule has 0 N–H and O–H groups in total. The van der Waals surface area contributed by atoms with Crippen LogP contribution in [0, 0.1) is 22.7 Å². The lowest BCUT2D eigenvalue weighted by atomic mass is 10.2. The van der Waals surface area contributed by atoms with Crippen molar-refractivity contribution in [3.05, 3.63) is 29.3 Å². The number of carbonyl (C=O) groups is 1. The number of halogens is 1. The molecule has 1 aromatic heterocycles. The zero-order valence-corrected chi connectivity index (χ0v) is 16.5. The molecule has 0 aliphatic rings. The van der Waals surface area contributed by atoms with Gasteiger partial charge in [0.1, 0.15) is 0 Å². The van der Waals surface area contributed by atoms with Crippen molar-refractivity contribution in [2.45, 2.75) is 31.5 Å². The minimum atomic E-state index is -0.121. The summed E-state index contributed by atoms with van der Waals surface area (Å²) in [6.07, 6.45) is 0.487. The molecule has 2 rings (SSSR count). The van der Waals surface area contributed by atoms with E-state index in [1.807, 2.05) is 35.8 Å². The maximum atomic E-state index is 12.5. The molecule has 140 valence electrons. The second kappa shape index (κ2) is 10.6. The molecule has 0 bridgehead atoms. The minimum absolute atomic E-state index is 0.121. The molecule has 9 heteroatoms. The Bertz CT molecular complexity index is 834. The number of benzene rings is 1. The standard InChI is InChI=1S/C18H19ClN6OS/c1-2-25-17(14-5-7-15(19)8-6-14)22-23-18(25)27-13-16(26)24(11-3-9-20)12-4-10-21/h5-8H,2-4,11-13H2,1H3. The van der Waals surface area contributed by atoms with Crippen LogP contribution in [-0.4, -0.2) is 44.4 Å². The Kier molecular flexibility index (Phi) is 8.12. The van der Waals surface area contributed by atoms with Crippen LogP contribution >= 0.6 is 23.4 Å². The van der Waals surface area contributed by atoms with Crippen LogP contribution in [0.1, 0.15) is 19.8 Å². The Balaban J connectivity index is 2.08. The predicted octanol–water partition coefficient (Wildman–Crippen LogP) is 3.37. The normalized spacial score (nSPS) is 10.2. The van der Waals surface area contributed by atoms with Crippen molar-refractivity contribution in [2.75, 3.05) is 18.8 Å². The molecule has 0 radical (unpaired) electrons. The molecule has 0 fully saturated rings. The van der Waals surface area contributed by atoms with Crippen molar-refractivity contribution in [3.63, 3.8) is 0 Å². The smallest absolute Gasteiger partial charge is 0.233 e. The fourth-order valence-electron chi connectivity index (χ4n) is 2.44. The number of thioether (sulfide) groups is 1. The second-order valence-electron chi connectivity index (χ2n) is 5.54. The Morgan fingerprint density at radius 2 is 1.81 bits per heavy atom. The molecule has 0 unspecified atom stereocenters. The molecular formula is C18H19ClN6OS. The summed E-state index contributed by atoms with van der Waals surface area (Å²) < 4.78 is 1.94. The van der Waals surface area contributed by atoms with E-state index in [1.165, 1.54) is 11.8 Å². The van der Waals surface area contributed by atoms with Crippen LogP contribution in [0.25, 0.3) is 11.4 Å². The quantitative estimate of drug-likeness (QED) is 0.596. The van der Waals surface area contributed by atoms with Crippen LogP contribution in [0.4, 0.5) is 0 Å². The molecule has 0 saturated carbocycles. The third-order valence-corrected chi connectivity index (χ3v) is 5.00. The van der Waals surface area contributed by atoms with E-state index in [2.05, 4.69) is 10.2 Å². The molecule has 7 nitrogen and oxygen atoms in total. The van der Waals surface area contributed by atoms with Gasteiger partial charge in [0.15, 0.2) is 11.0 Å². The Morgan fingerprint density at radius 3 is 2.37 bits per heavy atom. The van der Waals surface area contributed by atoms with Crippen LogP contribution in [0.2, 0.25) is 5.02 Å². The number of carbonyl (C=O) groups excluding carboxylic acids is 1. The van der Waals surface area contributed by atoms with Crippen molar-refractivity contribution in [1.29, 1.82) is 10.5 Å². The maximum absolute atomic E-state index is 12.5. The average molecular weight is 403 g/mol. The third kappa shape index (κ3) is 5.72. The Hall–Kier alpha value is -2.55. The molecule has 0 spiro atoms. The monoisotopic (exact) mass is 402 g/mol. The molecule has 1 aromatic carbocycles. The van der Waals surface area contributed by atoms with Crippen LogP contribution in [-0.2, 0) is 11.3 Å². The molecular weight excluding hydrogens is 384 g/mol. The number of hydrogen-bond donors (Lipinski definition) is 0. The van der Waals surface area contributed by atoms with Gasteiger partial charge in [0.05, 0.1) is 30.7 Å². The van der Waals surface area contributed by atoms with E-state index in [1.54, 1.807) is 17.0 Å². The molecule has 1 heterocycles. The zero-order chi connectivity index (χ0) is 19.6. The number of hydrogen-bond acceptors (Lipinski definition) is 6. The van der Waals surface area contributed by atoms with Crippen LogP contribution in [0.3, 0.4) is 0 Å². The molecule has 0 aliphatic heterocycles. The van der Waals surface area contributed by atoms with Gasteiger partial charge in [-0.05, 0) is 31.2 Å². The number of nitriles is 2. The van der Waals surface area contributed by atoms with Crippen molar-refractivity contribution >= 4 is 29.3 Å². The highest BCUT2D eigenvalue weighted by Gasteiger charge is 2.17. The summed E-state index contributed by atoms with van der Waals surface area (Å²) >= 11 is 7.24. The van der Waals surface area contributed by atoms with Crippen LogP contribution < -0.4 is 0 Å². The van der Waals surface area contributed by atoms with E-state index in [9.17, 15) is 4.79 Å². The molecule has 2 aromatic rings. The molecule has 0 saturated heterocycles. The van der Waals surface area contributed by atoms with Gasteiger partial charge in [0.2, 0.25) is 5.91 Å². The predicted molar refractivity (Wildman–Crippen MR) is 104 cm³/mol. The van der Waals surface area contributed by atoms with Gasteiger partial charge < -0.3 is 9.47 Å². The summed E-state index contributed by atoms with van der Waals surface area (Å²) in [5.41, 5.74) is 0.900. The number of amides is 1. The summed E-state index contributed by atoms with van der Waals surface area (Å²) in [4.78, 5) is 14.0. The van der Waals surface area contributed by atoms with Gasteiger partial charge in [0, 0.05) is 30.2 Å². The van der Waals surface area contributed by atoms with E-state index in [0.717, 1.165) is 11.4 Å². The summed E-state index contributed by atoms with van der Waals surface area (Å²) in [5, 5.41) is 27.2. The first-order valence-corrected chi connectivity index (χ1v) is 9.80. The average Bonchev–Trinajstić information content (AvgIpc) is 3.09. The lowest BCUT2D eigenvalue weighted by Gasteiger charge is -2.20. The maximum Gasteiger partial charge on any atom is 0.233 e. The first kappa shape index (κ1) is 20.8. The van der Waals surface area contributed by atoms with Gasteiger partial charge in [-0.15, -0.1) is 10.2 Å². The van der Waals surface area contributed by atoms with Crippen molar-refractivity contribution in [2.24, 2.45) is 0 Å².